The third kappa shape index (κ3) is 14.8. The molecule has 0 saturated carbocycles. The Kier molecular flexibility index (Phi) is 11.6. The summed E-state index contributed by atoms with van der Waals surface area (Å²) in [5.41, 5.74) is 0. The second-order valence-corrected chi connectivity index (χ2v) is 10.0. The summed E-state index contributed by atoms with van der Waals surface area (Å²) in [6.45, 7) is 4.10. The van der Waals surface area contributed by atoms with Crippen LogP contribution in [0.4, 0.5) is 0 Å². The lowest BCUT2D eigenvalue weighted by molar-refractivity contribution is -0.870. The van der Waals surface area contributed by atoms with Gasteiger partial charge in [0.15, 0.2) is 0 Å². The van der Waals surface area contributed by atoms with Gasteiger partial charge in [0.1, 0.15) is 11.5 Å². The van der Waals surface area contributed by atoms with E-state index in [1.54, 1.807) is 0 Å². The molecule has 0 radical (unpaired) electrons. The Morgan fingerprint density at radius 3 is 1.14 bits per heavy atom. The summed E-state index contributed by atoms with van der Waals surface area (Å²) in [5, 5.41) is 0. The predicted molar refractivity (Wildman–Crippen MR) is 120 cm³/mol. The van der Waals surface area contributed by atoms with Crippen molar-refractivity contribution in [1.29, 1.82) is 0 Å². The van der Waals surface area contributed by atoms with Crippen molar-refractivity contribution in [1.82, 2.24) is 0 Å². The van der Waals surface area contributed by atoms with Crippen LogP contribution in [0.2, 0.25) is 0 Å². The molecule has 0 aliphatic rings. The molecule has 4 nitrogen and oxygen atoms in total. The molecule has 0 atom stereocenters. The van der Waals surface area contributed by atoms with Gasteiger partial charge in [0.05, 0.1) is 68.6 Å². The van der Waals surface area contributed by atoms with E-state index in [2.05, 4.69) is 42.3 Å². The summed E-state index contributed by atoms with van der Waals surface area (Å²) in [6.07, 6.45) is 9.93. The highest BCUT2D eigenvalue weighted by atomic mass is 16.5. The third-order valence-corrected chi connectivity index (χ3v) is 4.81. The van der Waals surface area contributed by atoms with Crippen molar-refractivity contribution in [2.45, 2.75) is 51.4 Å². The molecule has 4 heteroatoms. The van der Waals surface area contributed by atoms with E-state index in [4.69, 9.17) is 9.47 Å². The second kappa shape index (κ2) is 13.1. The van der Waals surface area contributed by atoms with Gasteiger partial charge in [0, 0.05) is 0 Å². The van der Waals surface area contributed by atoms with E-state index in [9.17, 15) is 0 Å². The summed E-state index contributed by atoms with van der Waals surface area (Å²) >= 11 is 0. The van der Waals surface area contributed by atoms with Crippen molar-refractivity contribution in [2.75, 3.05) is 68.6 Å². The first-order valence-corrected chi connectivity index (χ1v) is 11.1. The van der Waals surface area contributed by atoms with Crippen molar-refractivity contribution in [3.05, 3.63) is 24.3 Å². The molecule has 1 rings (SSSR count). The quantitative estimate of drug-likeness (QED) is 0.291. The molecule has 0 fully saturated rings. The minimum absolute atomic E-state index is 0.803. The summed E-state index contributed by atoms with van der Waals surface area (Å²) in [7, 11) is 13.5. The van der Waals surface area contributed by atoms with Gasteiger partial charge < -0.3 is 18.4 Å². The van der Waals surface area contributed by atoms with E-state index in [0.717, 1.165) is 46.5 Å². The van der Waals surface area contributed by atoms with Gasteiger partial charge in [-0.2, -0.15) is 0 Å². The van der Waals surface area contributed by atoms with Crippen LogP contribution in [0.15, 0.2) is 24.3 Å². The minimum atomic E-state index is 0.803. The smallest absolute Gasteiger partial charge is 0.119 e. The largest absolute Gasteiger partial charge is 0.494 e. The van der Waals surface area contributed by atoms with Crippen molar-refractivity contribution in [3.8, 4) is 11.5 Å². The molecule has 0 spiro atoms. The summed E-state index contributed by atoms with van der Waals surface area (Å²) in [4.78, 5) is 0. The topological polar surface area (TPSA) is 18.5 Å². The minimum Gasteiger partial charge on any atom is -0.494 e. The van der Waals surface area contributed by atoms with Gasteiger partial charge >= 0.3 is 0 Å². The number of unbranched alkanes of at least 4 members (excludes halogenated alkanes) is 6. The first kappa shape index (κ1) is 24.8. The lowest BCUT2D eigenvalue weighted by Crippen LogP contribution is -2.35. The standard InChI is InChI=1S/C24H46N2O2/c1-25(2,3)19-11-7-9-13-21-27-23-15-17-24(18-16-23)28-22-14-10-8-12-20-26(4,5)6/h15-18H,7-14,19-22H2,1-6H3/q+2. The lowest BCUT2D eigenvalue weighted by Gasteiger charge is -2.23. The predicted octanol–water partition coefficient (Wildman–Crippen LogP) is 4.98. The van der Waals surface area contributed by atoms with Gasteiger partial charge in [-0.15, -0.1) is 0 Å². The van der Waals surface area contributed by atoms with Crippen molar-refractivity contribution >= 4 is 0 Å². The number of rotatable bonds is 16. The number of nitrogens with zero attached hydrogens (tertiary/aromatic N) is 2. The van der Waals surface area contributed by atoms with E-state index in [-0.39, 0.29) is 0 Å². The van der Waals surface area contributed by atoms with Gasteiger partial charge in [0.2, 0.25) is 0 Å². The number of hydrogen-bond acceptors (Lipinski definition) is 2. The highest BCUT2D eigenvalue weighted by Crippen LogP contribution is 2.18. The normalized spacial score (nSPS) is 12.2. The molecule has 0 amide bonds. The molecule has 0 N–H and O–H groups in total. The Balaban J connectivity index is 2.03. The molecular formula is C24H46N2O2+2. The van der Waals surface area contributed by atoms with Gasteiger partial charge in [-0.05, 0) is 75.6 Å². The SMILES string of the molecule is C[N+](C)(C)CCCCCCOc1ccc(OCCCCCC[N+](C)(C)C)cc1. The molecule has 0 saturated heterocycles. The summed E-state index contributed by atoms with van der Waals surface area (Å²) < 4.78 is 13.8. The molecule has 0 aliphatic carbocycles. The Morgan fingerprint density at radius 2 is 0.821 bits per heavy atom. The zero-order valence-corrected chi connectivity index (χ0v) is 19.5. The van der Waals surface area contributed by atoms with Crippen molar-refractivity contribution < 1.29 is 18.4 Å². The fraction of sp³-hybridized carbons (Fsp3) is 0.750. The maximum Gasteiger partial charge on any atom is 0.119 e. The van der Waals surface area contributed by atoms with Crippen LogP contribution in [0.1, 0.15) is 51.4 Å². The molecule has 1 aromatic rings. The Morgan fingerprint density at radius 1 is 0.500 bits per heavy atom. The van der Waals surface area contributed by atoms with E-state index in [1.807, 2.05) is 24.3 Å². The van der Waals surface area contributed by atoms with E-state index < -0.39 is 0 Å². The molecule has 0 aromatic heterocycles. The van der Waals surface area contributed by atoms with Crippen molar-refractivity contribution in [3.63, 3.8) is 0 Å². The van der Waals surface area contributed by atoms with Crippen LogP contribution in [0.25, 0.3) is 0 Å². The molecule has 0 heterocycles. The van der Waals surface area contributed by atoms with Crippen LogP contribution in [0.3, 0.4) is 0 Å². The van der Waals surface area contributed by atoms with Crippen LogP contribution < -0.4 is 9.47 Å². The third-order valence-electron chi connectivity index (χ3n) is 4.81. The highest BCUT2D eigenvalue weighted by molar-refractivity contribution is 5.31. The monoisotopic (exact) mass is 394 g/mol. The molecular weight excluding hydrogens is 348 g/mol. The first-order chi connectivity index (χ1) is 13.2. The van der Waals surface area contributed by atoms with Crippen LogP contribution in [0.5, 0.6) is 11.5 Å². The van der Waals surface area contributed by atoms with Crippen LogP contribution in [-0.4, -0.2) is 77.6 Å². The average Bonchev–Trinajstić information content (AvgIpc) is 2.59. The van der Waals surface area contributed by atoms with Crippen LogP contribution in [0, 0.1) is 0 Å². The molecule has 0 unspecified atom stereocenters. The van der Waals surface area contributed by atoms with E-state index >= 15 is 0 Å². The van der Waals surface area contributed by atoms with Gasteiger partial charge in [-0.25, -0.2) is 0 Å². The fourth-order valence-electron chi connectivity index (χ4n) is 3.10. The Labute approximate surface area is 174 Å². The van der Waals surface area contributed by atoms with Crippen LogP contribution >= 0.6 is 0 Å². The zero-order chi connectivity index (χ0) is 20.9. The lowest BCUT2D eigenvalue weighted by atomic mass is 10.2. The first-order valence-electron chi connectivity index (χ1n) is 11.1. The molecule has 0 bridgehead atoms. The summed E-state index contributed by atoms with van der Waals surface area (Å²) in [6, 6.07) is 8.09. The maximum atomic E-state index is 5.84. The van der Waals surface area contributed by atoms with Gasteiger partial charge in [-0.1, -0.05) is 0 Å². The van der Waals surface area contributed by atoms with Gasteiger partial charge in [0.25, 0.3) is 0 Å². The highest BCUT2D eigenvalue weighted by Gasteiger charge is 2.06. The second-order valence-electron chi connectivity index (χ2n) is 10.0. The molecule has 162 valence electrons. The molecule has 28 heavy (non-hydrogen) atoms. The number of ether oxygens (including phenoxy) is 2. The fourth-order valence-corrected chi connectivity index (χ4v) is 3.10. The molecule has 0 aliphatic heterocycles. The number of benzene rings is 1. The van der Waals surface area contributed by atoms with E-state index in [1.165, 1.54) is 51.6 Å². The van der Waals surface area contributed by atoms with Crippen molar-refractivity contribution in [2.24, 2.45) is 0 Å². The Bertz CT molecular complexity index is 454. The van der Waals surface area contributed by atoms with E-state index in [0.29, 0.717) is 0 Å². The summed E-state index contributed by atoms with van der Waals surface area (Å²) in [5.74, 6) is 1.89. The average molecular weight is 395 g/mol. The van der Waals surface area contributed by atoms with Crippen LogP contribution in [-0.2, 0) is 0 Å². The zero-order valence-electron chi connectivity index (χ0n) is 19.5. The van der Waals surface area contributed by atoms with Gasteiger partial charge in [-0.3, -0.25) is 0 Å². The number of hydrogen-bond donors (Lipinski definition) is 0. The molecule has 1 aromatic carbocycles. The number of quaternary nitrogens is 2. The Hall–Kier alpha value is -1.26. The maximum absolute atomic E-state index is 5.84.